The second-order valence-electron chi connectivity index (χ2n) is 4.57. The zero-order valence-electron chi connectivity index (χ0n) is 10.8. The van der Waals surface area contributed by atoms with Crippen molar-refractivity contribution < 1.29 is 22.6 Å². The Hall–Kier alpha value is -0.330. The Balaban J connectivity index is 2.24. The molecule has 1 heterocycles. The van der Waals surface area contributed by atoms with Crippen molar-refractivity contribution in [3.63, 3.8) is 0 Å². The van der Waals surface area contributed by atoms with Crippen molar-refractivity contribution in [3.05, 3.63) is 0 Å². The van der Waals surface area contributed by atoms with Gasteiger partial charge in [0.15, 0.2) is 0 Å². The Morgan fingerprint density at radius 2 is 2.00 bits per heavy atom. The fourth-order valence-corrected chi connectivity index (χ4v) is 2.28. The largest absolute Gasteiger partial charge is 0.411 e. The van der Waals surface area contributed by atoms with Gasteiger partial charge in [0, 0.05) is 25.9 Å². The molecule has 0 aliphatic carbocycles. The summed E-state index contributed by atoms with van der Waals surface area (Å²) in [6, 6.07) is 0.229. The summed E-state index contributed by atoms with van der Waals surface area (Å²) < 4.78 is 45.7. The van der Waals surface area contributed by atoms with Crippen molar-refractivity contribution in [1.82, 2.24) is 5.32 Å². The Labute approximate surface area is 106 Å². The van der Waals surface area contributed by atoms with E-state index in [1.54, 1.807) is 0 Å². The van der Waals surface area contributed by atoms with E-state index in [-0.39, 0.29) is 12.6 Å². The van der Waals surface area contributed by atoms with Gasteiger partial charge in [-0.15, -0.1) is 0 Å². The molecule has 0 aromatic rings. The van der Waals surface area contributed by atoms with E-state index in [1.165, 1.54) is 0 Å². The van der Waals surface area contributed by atoms with Crippen molar-refractivity contribution in [2.75, 3.05) is 33.0 Å². The molecule has 0 amide bonds. The van der Waals surface area contributed by atoms with Crippen molar-refractivity contribution >= 4 is 0 Å². The van der Waals surface area contributed by atoms with Crippen LogP contribution < -0.4 is 5.32 Å². The van der Waals surface area contributed by atoms with E-state index < -0.39 is 12.8 Å². The minimum absolute atomic E-state index is 0.147. The number of hydrogen-bond acceptors (Lipinski definition) is 3. The Bertz CT molecular complexity index is 218. The molecule has 0 radical (unpaired) electrons. The van der Waals surface area contributed by atoms with Gasteiger partial charge in [0.05, 0.1) is 0 Å². The Kier molecular flexibility index (Phi) is 6.96. The van der Waals surface area contributed by atoms with Crippen molar-refractivity contribution in [3.8, 4) is 0 Å². The minimum Gasteiger partial charge on any atom is -0.381 e. The lowest BCUT2D eigenvalue weighted by Crippen LogP contribution is -2.40. The van der Waals surface area contributed by atoms with Gasteiger partial charge < -0.3 is 14.8 Å². The monoisotopic (exact) mass is 269 g/mol. The molecule has 1 unspecified atom stereocenters. The fourth-order valence-electron chi connectivity index (χ4n) is 2.28. The zero-order chi connectivity index (χ0) is 13.4. The van der Waals surface area contributed by atoms with Crippen LogP contribution in [0.3, 0.4) is 0 Å². The van der Waals surface area contributed by atoms with Gasteiger partial charge in [-0.1, -0.05) is 6.92 Å². The molecule has 6 heteroatoms. The highest BCUT2D eigenvalue weighted by molar-refractivity contribution is 4.78. The summed E-state index contributed by atoms with van der Waals surface area (Å²) in [6.45, 7) is 3.31. The van der Waals surface area contributed by atoms with Crippen LogP contribution in [0.15, 0.2) is 0 Å². The van der Waals surface area contributed by atoms with Crippen LogP contribution in [0.5, 0.6) is 0 Å². The van der Waals surface area contributed by atoms with E-state index >= 15 is 0 Å². The molecule has 1 aliphatic rings. The van der Waals surface area contributed by atoms with Crippen LogP contribution in [0, 0.1) is 5.92 Å². The average Bonchev–Trinajstić information content (AvgIpc) is 2.33. The predicted molar refractivity (Wildman–Crippen MR) is 62.5 cm³/mol. The van der Waals surface area contributed by atoms with Crippen molar-refractivity contribution in [2.45, 2.75) is 38.4 Å². The molecule has 1 atom stereocenters. The predicted octanol–water partition coefficient (Wildman–Crippen LogP) is 2.36. The molecule has 18 heavy (non-hydrogen) atoms. The van der Waals surface area contributed by atoms with Gasteiger partial charge in [-0.2, -0.15) is 13.2 Å². The standard InChI is InChI=1S/C12H22F3NO2/c1-2-16-11(10-3-6-17-7-4-10)5-8-18-9-12(13,14)15/h10-11,16H,2-9H2,1H3. The third-order valence-corrected chi connectivity index (χ3v) is 3.14. The number of hydrogen-bond donors (Lipinski definition) is 1. The van der Waals surface area contributed by atoms with E-state index in [9.17, 15) is 13.2 Å². The van der Waals surface area contributed by atoms with Crippen LogP contribution in [0.4, 0.5) is 13.2 Å². The molecular weight excluding hydrogens is 247 g/mol. The van der Waals surface area contributed by atoms with Crippen LogP contribution in [0.2, 0.25) is 0 Å². The van der Waals surface area contributed by atoms with Crippen molar-refractivity contribution in [2.24, 2.45) is 5.92 Å². The molecule has 3 nitrogen and oxygen atoms in total. The summed E-state index contributed by atoms with van der Waals surface area (Å²) >= 11 is 0. The highest BCUT2D eigenvalue weighted by Crippen LogP contribution is 2.21. The lowest BCUT2D eigenvalue weighted by atomic mass is 9.90. The van der Waals surface area contributed by atoms with E-state index in [0.29, 0.717) is 12.3 Å². The summed E-state index contributed by atoms with van der Waals surface area (Å²) in [5.74, 6) is 0.480. The normalized spacial score (nSPS) is 20.0. The lowest BCUT2D eigenvalue weighted by Gasteiger charge is -2.31. The van der Waals surface area contributed by atoms with E-state index in [2.05, 4.69) is 10.1 Å². The van der Waals surface area contributed by atoms with Gasteiger partial charge in [0.1, 0.15) is 6.61 Å². The van der Waals surface area contributed by atoms with Gasteiger partial charge in [0.25, 0.3) is 0 Å². The third-order valence-electron chi connectivity index (χ3n) is 3.14. The second-order valence-corrected chi connectivity index (χ2v) is 4.57. The first-order valence-electron chi connectivity index (χ1n) is 6.48. The van der Waals surface area contributed by atoms with Crippen LogP contribution in [0.1, 0.15) is 26.2 Å². The molecule has 1 aliphatic heterocycles. The first-order chi connectivity index (χ1) is 8.53. The van der Waals surface area contributed by atoms with Gasteiger partial charge >= 0.3 is 6.18 Å². The first-order valence-corrected chi connectivity index (χ1v) is 6.48. The summed E-state index contributed by atoms with van der Waals surface area (Å²) in [7, 11) is 0. The molecule has 1 fully saturated rings. The molecule has 1 N–H and O–H groups in total. The number of rotatable bonds is 7. The second kappa shape index (κ2) is 7.96. The van der Waals surface area contributed by atoms with Gasteiger partial charge in [-0.05, 0) is 31.7 Å². The number of ether oxygens (including phenoxy) is 2. The topological polar surface area (TPSA) is 30.5 Å². The maximum atomic E-state index is 11.9. The summed E-state index contributed by atoms with van der Waals surface area (Å²) in [5, 5.41) is 3.33. The third kappa shape index (κ3) is 6.56. The smallest absolute Gasteiger partial charge is 0.381 e. The first kappa shape index (κ1) is 15.7. The maximum absolute atomic E-state index is 11.9. The van der Waals surface area contributed by atoms with Gasteiger partial charge in [0.2, 0.25) is 0 Å². The molecule has 1 rings (SSSR count). The summed E-state index contributed by atoms with van der Waals surface area (Å²) in [4.78, 5) is 0. The number of halogens is 3. The molecule has 1 saturated heterocycles. The lowest BCUT2D eigenvalue weighted by molar-refractivity contribution is -0.174. The van der Waals surface area contributed by atoms with Crippen LogP contribution in [-0.4, -0.2) is 45.2 Å². The SMILES string of the molecule is CCNC(CCOCC(F)(F)F)C1CCOCC1. The zero-order valence-corrected chi connectivity index (χ0v) is 10.8. The molecule has 0 aromatic heterocycles. The quantitative estimate of drug-likeness (QED) is 0.720. The van der Waals surface area contributed by atoms with E-state index in [4.69, 9.17) is 4.74 Å². The van der Waals surface area contributed by atoms with E-state index in [1.807, 2.05) is 6.92 Å². The molecule has 0 saturated carbocycles. The maximum Gasteiger partial charge on any atom is 0.411 e. The van der Waals surface area contributed by atoms with Crippen molar-refractivity contribution in [1.29, 1.82) is 0 Å². The van der Waals surface area contributed by atoms with Crippen LogP contribution >= 0.6 is 0 Å². The summed E-state index contributed by atoms with van der Waals surface area (Å²) in [5.41, 5.74) is 0. The van der Waals surface area contributed by atoms with Gasteiger partial charge in [-0.25, -0.2) is 0 Å². The number of alkyl halides is 3. The molecule has 0 aromatic carbocycles. The minimum atomic E-state index is -4.23. The van der Waals surface area contributed by atoms with E-state index in [0.717, 1.165) is 32.6 Å². The Morgan fingerprint density at radius 1 is 1.33 bits per heavy atom. The molecular formula is C12H22F3NO2. The molecule has 0 bridgehead atoms. The molecule has 108 valence electrons. The highest BCUT2D eigenvalue weighted by Gasteiger charge is 2.28. The van der Waals surface area contributed by atoms with Crippen LogP contribution in [-0.2, 0) is 9.47 Å². The Morgan fingerprint density at radius 3 is 2.56 bits per heavy atom. The highest BCUT2D eigenvalue weighted by atomic mass is 19.4. The number of nitrogens with one attached hydrogen (secondary N) is 1. The molecule has 0 spiro atoms. The fraction of sp³-hybridized carbons (Fsp3) is 1.00. The summed E-state index contributed by atoms with van der Waals surface area (Å²) in [6.07, 6.45) is -1.67. The van der Waals surface area contributed by atoms with Crippen LogP contribution in [0.25, 0.3) is 0 Å². The van der Waals surface area contributed by atoms with Gasteiger partial charge in [-0.3, -0.25) is 0 Å². The average molecular weight is 269 g/mol.